The molecule has 9 heteroatoms. The van der Waals surface area contributed by atoms with E-state index in [-0.39, 0.29) is 47.1 Å². The van der Waals surface area contributed by atoms with Crippen LogP contribution in [0.3, 0.4) is 0 Å². The standard InChI is InChI=1S/C42H45FN2O6/c1-41(20-11-21-41)27-44-38(46)32-16-6-4-5-7-17-35(32)45-39(47)33-24-37(34(43)25-36(33)49-3)51-30-18-22-42(2,23-19-30)40(48)50-26-29-14-10-13-28-12-8-9-15-31(28)29/h4-10,12-17,24-25,30H,11,18-23,26-27H2,1-3H3,(H,44,46)(H,45,47)/b5-4?,6-4-,7-5-,16-6?,17-7?,32-16+,35-17+,35-32?. The zero-order chi connectivity index (χ0) is 36.0. The smallest absolute Gasteiger partial charge is 0.312 e. The molecular weight excluding hydrogens is 647 g/mol. The molecule has 0 bridgehead atoms. The van der Waals surface area contributed by atoms with Crippen molar-refractivity contribution in [1.29, 1.82) is 0 Å². The monoisotopic (exact) mass is 692 g/mol. The predicted octanol–water partition coefficient (Wildman–Crippen LogP) is 8.03. The van der Waals surface area contributed by atoms with Crippen LogP contribution >= 0.6 is 0 Å². The van der Waals surface area contributed by atoms with Crippen molar-refractivity contribution < 1.29 is 33.0 Å². The third-order valence-corrected chi connectivity index (χ3v) is 10.4. The van der Waals surface area contributed by atoms with Crippen molar-refractivity contribution in [1.82, 2.24) is 10.6 Å². The molecule has 3 aliphatic rings. The van der Waals surface area contributed by atoms with Crippen LogP contribution in [0.4, 0.5) is 4.39 Å². The second kappa shape index (κ2) is 15.4. The van der Waals surface area contributed by atoms with Crippen LogP contribution < -0.4 is 20.1 Å². The molecule has 2 N–H and O–H groups in total. The van der Waals surface area contributed by atoms with Gasteiger partial charge in [-0.05, 0) is 85.4 Å². The quantitative estimate of drug-likeness (QED) is 0.197. The lowest BCUT2D eigenvalue weighted by atomic mass is 9.70. The number of carbonyl (C=O) groups is 3. The van der Waals surface area contributed by atoms with Crippen LogP contribution in [0.5, 0.6) is 11.5 Å². The number of carbonyl (C=O) groups excluding carboxylic acids is 3. The summed E-state index contributed by atoms with van der Waals surface area (Å²) < 4.78 is 32.6. The molecule has 6 rings (SSSR count). The molecule has 0 spiro atoms. The summed E-state index contributed by atoms with van der Waals surface area (Å²) in [6.45, 7) is 4.78. The largest absolute Gasteiger partial charge is 0.496 e. The number of methoxy groups -OCH3 is 1. The van der Waals surface area contributed by atoms with Crippen LogP contribution in [-0.4, -0.2) is 37.5 Å². The molecule has 3 aliphatic carbocycles. The zero-order valence-electron chi connectivity index (χ0n) is 29.4. The number of hydrogen-bond donors (Lipinski definition) is 2. The summed E-state index contributed by atoms with van der Waals surface area (Å²) in [5.74, 6) is -1.89. The van der Waals surface area contributed by atoms with Crippen LogP contribution in [0.15, 0.2) is 102 Å². The summed E-state index contributed by atoms with van der Waals surface area (Å²) in [5, 5.41) is 8.00. The summed E-state index contributed by atoms with van der Waals surface area (Å²) in [7, 11) is 1.36. The van der Waals surface area contributed by atoms with Gasteiger partial charge in [-0.15, -0.1) is 0 Å². The highest BCUT2D eigenvalue weighted by Crippen LogP contribution is 2.41. The van der Waals surface area contributed by atoms with Gasteiger partial charge in [-0.1, -0.05) is 80.1 Å². The molecular formula is C42H45FN2O6. The normalized spacial score (nSPS) is 24.2. The van der Waals surface area contributed by atoms with E-state index in [0.29, 0.717) is 43.5 Å². The summed E-state index contributed by atoms with van der Waals surface area (Å²) >= 11 is 0. The van der Waals surface area contributed by atoms with Crippen LogP contribution in [0.25, 0.3) is 10.8 Å². The Bertz CT molecular complexity index is 1930. The second-order valence-electron chi connectivity index (χ2n) is 14.3. The van der Waals surface area contributed by atoms with E-state index in [1.165, 1.54) is 13.2 Å². The van der Waals surface area contributed by atoms with Gasteiger partial charge in [0.15, 0.2) is 11.6 Å². The Labute approximate surface area is 298 Å². The molecule has 0 aromatic heterocycles. The number of hydrogen-bond acceptors (Lipinski definition) is 6. The van der Waals surface area contributed by atoms with Crippen molar-refractivity contribution >= 4 is 28.6 Å². The number of amides is 2. The molecule has 2 amide bonds. The summed E-state index contributed by atoms with van der Waals surface area (Å²) in [4.78, 5) is 40.3. The number of benzene rings is 3. The molecule has 3 aromatic carbocycles. The lowest BCUT2D eigenvalue weighted by molar-refractivity contribution is -0.159. The highest BCUT2D eigenvalue weighted by molar-refractivity contribution is 6.03. The molecule has 0 radical (unpaired) electrons. The molecule has 0 heterocycles. The third kappa shape index (κ3) is 8.25. The van der Waals surface area contributed by atoms with E-state index < -0.39 is 17.1 Å². The molecule has 0 saturated heterocycles. The lowest BCUT2D eigenvalue weighted by Gasteiger charge is -2.38. The first-order valence-corrected chi connectivity index (χ1v) is 17.6. The van der Waals surface area contributed by atoms with Gasteiger partial charge in [-0.2, -0.15) is 0 Å². The SMILES string of the molecule is COc1cc(F)c(OC2CCC(C)(C(=O)OCc3cccc4ccccc34)CC2)cc1C(=O)NC1=C/C=C\C=C/C=C\1C(=O)NCC1(C)CCC1. The fourth-order valence-electron chi connectivity index (χ4n) is 6.89. The van der Waals surface area contributed by atoms with Gasteiger partial charge >= 0.3 is 5.97 Å². The van der Waals surface area contributed by atoms with Gasteiger partial charge in [0.1, 0.15) is 12.4 Å². The summed E-state index contributed by atoms with van der Waals surface area (Å²) in [6, 6.07) is 16.4. The third-order valence-electron chi connectivity index (χ3n) is 10.4. The predicted molar refractivity (Wildman–Crippen MR) is 195 cm³/mol. The highest BCUT2D eigenvalue weighted by atomic mass is 19.1. The molecule has 0 unspecified atom stereocenters. The maximum Gasteiger partial charge on any atom is 0.312 e. The van der Waals surface area contributed by atoms with Crippen LogP contribution in [0.2, 0.25) is 0 Å². The van der Waals surface area contributed by atoms with Crippen LogP contribution in [0, 0.1) is 16.6 Å². The average Bonchev–Trinajstić information content (AvgIpc) is 3.11. The van der Waals surface area contributed by atoms with E-state index in [4.69, 9.17) is 14.2 Å². The molecule has 8 nitrogen and oxygen atoms in total. The van der Waals surface area contributed by atoms with Crippen molar-refractivity contribution in [2.75, 3.05) is 13.7 Å². The number of rotatable bonds is 11. The van der Waals surface area contributed by atoms with Crippen molar-refractivity contribution in [2.24, 2.45) is 10.8 Å². The van der Waals surface area contributed by atoms with Crippen LogP contribution in [0.1, 0.15) is 74.7 Å². The number of nitrogens with one attached hydrogen (secondary N) is 2. The summed E-state index contributed by atoms with van der Waals surface area (Å²) in [6.07, 6.45) is 15.3. The Morgan fingerprint density at radius 3 is 2.31 bits per heavy atom. The number of fused-ring (bicyclic) bond motifs is 1. The average molecular weight is 693 g/mol. The zero-order valence-corrected chi connectivity index (χ0v) is 29.4. The first-order valence-electron chi connectivity index (χ1n) is 17.6. The Hall–Kier alpha value is -5.18. The molecule has 266 valence electrons. The van der Waals surface area contributed by atoms with Gasteiger partial charge < -0.3 is 24.8 Å². The van der Waals surface area contributed by atoms with E-state index in [9.17, 15) is 14.4 Å². The van der Waals surface area contributed by atoms with E-state index in [1.807, 2.05) is 49.4 Å². The number of halogens is 1. The van der Waals surface area contributed by atoms with Gasteiger partial charge in [0.2, 0.25) is 0 Å². The van der Waals surface area contributed by atoms with Gasteiger partial charge in [0.25, 0.3) is 11.8 Å². The minimum Gasteiger partial charge on any atom is -0.496 e. The van der Waals surface area contributed by atoms with Crippen LogP contribution in [-0.2, 0) is 20.9 Å². The van der Waals surface area contributed by atoms with E-state index in [1.54, 1.807) is 36.5 Å². The van der Waals surface area contributed by atoms with E-state index in [2.05, 4.69) is 17.6 Å². The number of allylic oxidation sites excluding steroid dienone is 6. The number of ether oxygens (including phenoxy) is 3. The fraction of sp³-hybridized carbons (Fsp3) is 0.357. The van der Waals surface area contributed by atoms with Gasteiger partial charge in [0.05, 0.1) is 35.5 Å². The first-order chi connectivity index (χ1) is 24.6. The van der Waals surface area contributed by atoms with Gasteiger partial charge in [0, 0.05) is 12.6 Å². The van der Waals surface area contributed by atoms with Crippen molar-refractivity contribution in [3.05, 3.63) is 119 Å². The van der Waals surface area contributed by atoms with Crippen molar-refractivity contribution in [3.8, 4) is 11.5 Å². The second-order valence-corrected chi connectivity index (χ2v) is 14.3. The molecule has 0 atom stereocenters. The molecule has 0 aliphatic heterocycles. The minimum absolute atomic E-state index is 0.0253. The fourth-order valence-corrected chi connectivity index (χ4v) is 6.89. The van der Waals surface area contributed by atoms with Crippen molar-refractivity contribution in [3.63, 3.8) is 0 Å². The van der Waals surface area contributed by atoms with E-state index >= 15 is 4.39 Å². The Kier molecular flexibility index (Phi) is 10.7. The Morgan fingerprint density at radius 1 is 0.863 bits per heavy atom. The number of esters is 1. The lowest BCUT2D eigenvalue weighted by Crippen LogP contribution is -2.41. The van der Waals surface area contributed by atoms with Gasteiger partial charge in [-0.25, -0.2) is 4.39 Å². The van der Waals surface area contributed by atoms with Crippen molar-refractivity contribution in [2.45, 2.75) is 71.5 Å². The van der Waals surface area contributed by atoms with E-state index in [0.717, 1.165) is 41.7 Å². The molecule has 2 fully saturated rings. The molecule has 2 saturated carbocycles. The Balaban J connectivity index is 1.10. The molecule has 51 heavy (non-hydrogen) atoms. The highest BCUT2D eigenvalue weighted by Gasteiger charge is 2.40. The molecule has 3 aromatic rings. The first kappa shape index (κ1) is 35.6. The maximum absolute atomic E-state index is 15.3. The Morgan fingerprint density at radius 2 is 1.59 bits per heavy atom. The van der Waals surface area contributed by atoms with Gasteiger partial charge in [-0.3, -0.25) is 14.4 Å². The topological polar surface area (TPSA) is 103 Å². The summed E-state index contributed by atoms with van der Waals surface area (Å²) in [5.41, 5.74) is 0.975. The minimum atomic E-state index is -0.698. The maximum atomic E-state index is 15.3.